The number of ether oxygens (including phenoxy) is 2. The van der Waals surface area contributed by atoms with Crippen LogP contribution in [0, 0.1) is 5.92 Å². The van der Waals surface area contributed by atoms with E-state index in [0.29, 0.717) is 37.8 Å². The van der Waals surface area contributed by atoms with Crippen LogP contribution in [-0.4, -0.2) is 32.3 Å². The minimum atomic E-state index is -0.0624. The minimum absolute atomic E-state index is 0.0173. The third kappa shape index (κ3) is 3.21. The van der Waals surface area contributed by atoms with Crippen LogP contribution < -0.4 is 15.8 Å². The Kier molecular flexibility index (Phi) is 4.55. The maximum absolute atomic E-state index is 12.0. The van der Waals surface area contributed by atoms with E-state index in [1.165, 1.54) is 0 Å². The van der Waals surface area contributed by atoms with Gasteiger partial charge in [0.1, 0.15) is 12.4 Å². The van der Waals surface area contributed by atoms with Gasteiger partial charge in [-0.25, -0.2) is 0 Å². The summed E-state index contributed by atoms with van der Waals surface area (Å²) in [6, 6.07) is 7.35. The Balaban J connectivity index is 2.00. The average molecular weight is 250 g/mol. The number of nitrogens with two attached hydrogens (primary N) is 1. The first-order valence-corrected chi connectivity index (χ1v) is 6.12. The summed E-state index contributed by atoms with van der Waals surface area (Å²) in [5.74, 6) is 0.569. The Morgan fingerprint density at radius 2 is 2.33 bits per heavy atom. The second-order valence-corrected chi connectivity index (χ2v) is 4.18. The lowest BCUT2D eigenvalue weighted by atomic mass is 10.1. The number of para-hydroxylation sites is 2. The van der Waals surface area contributed by atoms with Gasteiger partial charge in [0.25, 0.3) is 0 Å². The van der Waals surface area contributed by atoms with Gasteiger partial charge >= 0.3 is 0 Å². The highest BCUT2D eigenvalue weighted by atomic mass is 16.5. The maximum Gasteiger partial charge on any atom is 0.230 e. The molecule has 0 saturated carbocycles. The topological polar surface area (TPSA) is 73.6 Å². The van der Waals surface area contributed by atoms with Gasteiger partial charge in [0.05, 0.1) is 18.2 Å². The molecule has 5 nitrogen and oxygen atoms in total. The fraction of sp³-hybridized carbons (Fsp3) is 0.462. The summed E-state index contributed by atoms with van der Waals surface area (Å²) in [5, 5.41) is 2.88. The van der Waals surface area contributed by atoms with Crippen LogP contribution in [0.5, 0.6) is 5.75 Å². The van der Waals surface area contributed by atoms with Crippen LogP contribution in [-0.2, 0) is 9.53 Å². The van der Waals surface area contributed by atoms with Crippen molar-refractivity contribution >= 4 is 11.6 Å². The number of amides is 1. The largest absolute Gasteiger partial charge is 0.490 e. The van der Waals surface area contributed by atoms with Crippen molar-refractivity contribution in [3.05, 3.63) is 24.3 Å². The summed E-state index contributed by atoms with van der Waals surface area (Å²) < 4.78 is 10.7. The van der Waals surface area contributed by atoms with Crippen molar-refractivity contribution in [2.45, 2.75) is 6.42 Å². The van der Waals surface area contributed by atoms with Crippen LogP contribution in [0.1, 0.15) is 6.42 Å². The van der Waals surface area contributed by atoms with Gasteiger partial charge in [-0.2, -0.15) is 0 Å². The normalized spacial score (nSPS) is 18.6. The first-order valence-electron chi connectivity index (χ1n) is 6.12. The molecule has 1 aromatic rings. The first-order chi connectivity index (χ1) is 8.81. The van der Waals surface area contributed by atoms with E-state index in [0.717, 1.165) is 6.42 Å². The molecule has 0 radical (unpaired) electrons. The van der Waals surface area contributed by atoms with E-state index in [1.54, 1.807) is 0 Å². The predicted octanol–water partition coefficient (Wildman–Crippen LogP) is 0.999. The smallest absolute Gasteiger partial charge is 0.230 e. The van der Waals surface area contributed by atoms with Crippen molar-refractivity contribution < 1.29 is 14.3 Å². The summed E-state index contributed by atoms with van der Waals surface area (Å²) in [6.45, 7) is 2.03. The molecule has 1 atom stereocenters. The van der Waals surface area contributed by atoms with Crippen LogP contribution in [0.2, 0.25) is 0 Å². The fourth-order valence-corrected chi connectivity index (χ4v) is 1.84. The second kappa shape index (κ2) is 6.37. The molecular formula is C13H18N2O3. The highest BCUT2D eigenvalue weighted by molar-refractivity contribution is 5.94. The molecule has 98 valence electrons. The van der Waals surface area contributed by atoms with E-state index in [-0.39, 0.29) is 11.8 Å². The summed E-state index contributed by atoms with van der Waals surface area (Å²) >= 11 is 0. The molecule has 1 heterocycles. The van der Waals surface area contributed by atoms with Gasteiger partial charge < -0.3 is 20.5 Å². The molecule has 1 aromatic carbocycles. The third-order valence-corrected chi connectivity index (χ3v) is 2.82. The maximum atomic E-state index is 12.0. The number of benzene rings is 1. The van der Waals surface area contributed by atoms with Gasteiger partial charge in [0, 0.05) is 13.2 Å². The summed E-state index contributed by atoms with van der Waals surface area (Å²) in [7, 11) is 0. The lowest BCUT2D eigenvalue weighted by Gasteiger charge is -2.13. The third-order valence-electron chi connectivity index (χ3n) is 2.82. The highest BCUT2D eigenvalue weighted by Crippen LogP contribution is 2.25. The summed E-state index contributed by atoms with van der Waals surface area (Å²) in [4.78, 5) is 12.0. The lowest BCUT2D eigenvalue weighted by molar-refractivity contribution is -0.119. The highest BCUT2D eigenvalue weighted by Gasteiger charge is 2.24. The van der Waals surface area contributed by atoms with Gasteiger partial charge in [-0.3, -0.25) is 4.79 Å². The fourth-order valence-electron chi connectivity index (χ4n) is 1.84. The number of nitrogens with one attached hydrogen (secondary N) is 1. The molecule has 1 unspecified atom stereocenters. The van der Waals surface area contributed by atoms with Crippen molar-refractivity contribution in [1.29, 1.82) is 0 Å². The molecule has 0 aliphatic carbocycles. The Hall–Kier alpha value is -1.59. The number of anilines is 1. The molecule has 1 amide bonds. The van der Waals surface area contributed by atoms with Crippen LogP contribution >= 0.6 is 0 Å². The summed E-state index contributed by atoms with van der Waals surface area (Å²) in [6.07, 6.45) is 0.775. The second-order valence-electron chi connectivity index (χ2n) is 4.18. The Morgan fingerprint density at radius 1 is 1.50 bits per heavy atom. The van der Waals surface area contributed by atoms with E-state index in [4.69, 9.17) is 15.2 Å². The van der Waals surface area contributed by atoms with Gasteiger partial charge in [-0.1, -0.05) is 12.1 Å². The molecule has 0 aromatic heterocycles. The monoisotopic (exact) mass is 250 g/mol. The van der Waals surface area contributed by atoms with E-state index >= 15 is 0 Å². The number of carbonyl (C=O) groups excluding carboxylic acids is 1. The zero-order valence-corrected chi connectivity index (χ0v) is 10.2. The predicted molar refractivity (Wildman–Crippen MR) is 68.5 cm³/mol. The molecule has 3 N–H and O–H groups in total. The molecule has 1 aliphatic rings. The van der Waals surface area contributed by atoms with Crippen molar-refractivity contribution in [3.8, 4) is 5.75 Å². The van der Waals surface area contributed by atoms with Crippen molar-refractivity contribution in [1.82, 2.24) is 0 Å². The molecule has 0 spiro atoms. The summed E-state index contributed by atoms with van der Waals surface area (Å²) in [5.41, 5.74) is 6.08. The Morgan fingerprint density at radius 3 is 3.06 bits per heavy atom. The number of carbonyl (C=O) groups is 1. The average Bonchev–Trinajstić information content (AvgIpc) is 2.91. The van der Waals surface area contributed by atoms with Gasteiger partial charge in [0.2, 0.25) is 5.91 Å². The van der Waals surface area contributed by atoms with Crippen LogP contribution in [0.15, 0.2) is 24.3 Å². The Labute approximate surface area is 106 Å². The molecule has 1 aliphatic heterocycles. The number of hydrogen-bond acceptors (Lipinski definition) is 4. The van der Waals surface area contributed by atoms with Crippen molar-refractivity contribution in [2.24, 2.45) is 11.7 Å². The number of hydrogen-bond donors (Lipinski definition) is 2. The zero-order chi connectivity index (χ0) is 12.8. The molecular weight excluding hydrogens is 232 g/mol. The van der Waals surface area contributed by atoms with Crippen molar-refractivity contribution in [2.75, 3.05) is 31.7 Å². The standard InChI is InChI=1S/C13H18N2O3/c14-6-8-18-12-4-2-1-3-11(12)15-13(16)10-5-7-17-9-10/h1-4,10H,5-9,14H2,(H,15,16). The van der Waals surface area contributed by atoms with Crippen LogP contribution in [0.3, 0.4) is 0 Å². The number of rotatable bonds is 5. The van der Waals surface area contributed by atoms with E-state index in [9.17, 15) is 4.79 Å². The zero-order valence-electron chi connectivity index (χ0n) is 10.2. The SMILES string of the molecule is NCCOc1ccccc1NC(=O)C1CCOC1. The first kappa shape index (κ1) is 12.9. The molecule has 2 rings (SSSR count). The van der Waals surface area contributed by atoms with Gasteiger partial charge in [-0.05, 0) is 18.6 Å². The van der Waals surface area contributed by atoms with E-state index in [1.807, 2.05) is 24.3 Å². The molecule has 18 heavy (non-hydrogen) atoms. The Bertz CT molecular complexity index is 403. The van der Waals surface area contributed by atoms with E-state index in [2.05, 4.69) is 5.32 Å². The van der Waals surface area contributed by atoms with Gasteiger partial charge in [0.15, 0.2) is 0 Å². The lowest BCUT2D eigenvalue weighted by Crippen LogP contribution is -2.23. The molecule has 1 fully saturated rings. The van der Waals surface area contributed by atoms with E-state index < -0.39 is 0 Å². The molecule has 1 saturated heterocycles. The van der Waals surface area contributed by atoms with Crippen molar-refractivity contribution in [3.63, 3.8) is 0 Å². The minimum Gasteiger partial charge on any atom is -0.490 e. The quantitative estimate of drug-likeness (QED) is 0.817. The molecule has 0 bridgehead atoms. The van der Waals surface area contributed by atoms with Gasteiger partial charge in [-0.15, -0.1) is 0 Å². The van der Waals surface area contributed by atoms with Crippen LogP contribution in [0.25, 0.3) is 0 Å². The van der Waals surface area contributed by atoms with Crippen LogP contribution in [0.4, 0.5) is 5.69 Å². The molecule has 5 heteroatoms.